The number of rotatable bonds is 3. The van der Waals surface area contributed by atoms with Gasteiger partial charge in [0, 0.05) is 6.07 Å². The van der Waals surface area contributed by atoms with E-state index in [-0.39, 0.29) is 22.7 Å². The third-order valence-corrected chi connectivity index (χ3v) is 3.53. The molecule has 1 aromatic carbocycles. The topological polar surface area (TPSA) is 81.5 Å². The van der Waals surface area contributed by atoms with Crippen LogP contribution in [0.25, 0.3) is 0 Å². The first-order chi connectivity index (χ1) is 8.11. The summed E-state index contributed by atoms with van der Waals surface area (Å²) >= 11 is 1.41. The summed E-state index contributed by atoms with van der Waals surface area (Å²) in [7, 11) is 1.38. The van der Waals surface area contributed by atoms with Crippen LogP contribution in [0.3, 0.4) is 0 Å². The molecule has 90 valence electrons. The van der Waals surface area contributed by atoms with Gasteiger partial charge in [0.25, 0.3) is 0 Å². The predicted molar refractivity (Wildman–Crippen MR) is 63.0 cm³/mol. The molecule has 1 N–H and O–H groups in total. The summed E-state index contributed by atoms with van der Waals surface area (Å²) in [6.45, 7) is 0. The van der Waals surface area contributed by atoms with Crippen LogP contribution in [-0.4, -0.2) is 23.7 Å². The minimum absolute atomic E-state index is 0.0570. The molecule has 2 rings (SSSR count). The summed E-state index contributed by atoms with van der Waals surface area (Å²) in [6, 6.07) is 4.69. The SMILES string of the molecule is COc1ccc([C@@H]2NC(=O)CS2)cc1[N+](=O)[O-]. The molecule has 1 heterocycles. The third-order valence-electron chi connectivity index (χ3n) is 2.38. The fourth-order valence-corrected chi connectivity index (χ4v) is 2.54. The second-order valence-electron chi connectivity index (χ2n) is 3.45. The molecule has 1 aliphatic heterocycles. The molecule has 0 unspecified atom stereocenters. The van der Waals surface area contributed by atoms with E-state index in [1.165, 1.54) is 24.9 Å². The molecule has 0 aliphatic carbocycles. The summed E-state index contributed by atoms with van der Waals surface area (Å²) in [6.07, 6.45) is 0. The Balaban J connectivity index is 2.33. The van der Waals surface area contributed by atoms with E-state index < -0.39 is 4.92 Å². The second kappa shape index (κ2) is 4.62. The van der Waals surface area contributed by atoms with Crippen molar-refractivity contribution in [3.8, 4) is 5.75 Å². The Morgan fingerprint density at radius 2 is 2.35 bits per heavy atom. The minimum atomic E-state index is -0.496. The molecule has 1 aromatic rings. The highest BCUT2D eigenvalue weighted by atomic mass is 32.2. The van der Waals surface area contributed by atoms with E-state index in [1.54, 1.807) is 12.1 Å². The maximum atomic E-state index is 11.1. The first-order valence-electron chi connectivity index (χ1n) is 4.85. The van der Waals surface area contributed by atoms with Crippen molar-refractivity contribution < 1.29 is 14.5 Å². The summed E-state index contributed by atoms with van der Waals surface area (Å²) in [5, 5.41) is 13.4. The van der Waals surface area contributed by atoms with Crippen molar-refractivity contribution in [3.05, 3.63) is 33.9 Å². The summed E-state index contributed by atoms with van der Waals surface area (Å²) < 4.78 is 4.91. The number of thioether (sulfide) groups is 1. The van der Waals surface area contributed by atoms with Gasteiger partial charge < -0.3 is 10.1 Å². The van der Waals surface area contributed by atoms with Gasteiger partial charge in [-0.1, -0.05) is 6.07 Å². The number of hydrogen-bond donors (Lipinski definition) is 1. The van der Waals surface area contributed by atoms with Crippen molar-refractivity contribution >= 4 is 23.4 Å². The lowest BCUT2D eigenvalue weighted by atomic mass is 10.2. The summed E-state index contributed by atoms with van der Waals surface area (Å²) in [5.74, 6) is 0.538. The van der Waals surface area contributed by atoms with E-state index in [0.717, 1.165) is 0 Å². The van der Waals surface area contributed by atoms with Gasteiger partial charge in [0.2, 0.25) is 5.91 Å². The Morgan fingerprint density at radius 1 is 1.59 bits per heavy atom. The first-order valence-corrected chi connectivity index (χ1v) is 5.90. The average molecular weight is 254 g/mol. The Kier molecular flexibility index (Phi) is 3.19. The molecule has 1 aliphatic rings. The van der Waals surface area contributed by atoms with Gasteiger partial charge in [0.05, 0.1) is 17.8 Å². The number of nitro benzene ring substituents is 1. The zero-order valence-electron chi connectivity index (χ0n) is 9.00. The molecule has 7 heteroatoms. The van der Waals surface area contributed by atoms with Gasteiger partial charge in [0.1, 0.15) is 5.37 Å². The largest absolute Gasteiger partial charge is 0.490 e. The Bertz CT molecular complexity index is 477. The number of ether oxygens (including phenoxy) is 1. The Morgan fingerprint density at radius 3 is 2.88 bits per heavy atom. The lowest BCUT2D eigenvalue weighted by Gasteiger charge is -2.10. The van der Waals surface area contributed by atoms with Gasteiger partial charge in [-0.2, -0.15) is 0 Å². The maximum absolute atomic E-state index is 11.1. The van der Waals surface area contributed by atoms with E-state index in [0.29, 0.717) is 11.3 Å². The lowest BCUT2D eigenvalue weighted by molar-refractivity contribution is -0.385. The van der Waals surface area contributed by atoms with Crippen LogP contribution in [0.15, 0.2) is 18.2 Å². The highest BCUT2D eigenvalue weighted by Crippen LogP contribution is 2.35. The van der Waals surface area contributed by atoms with Crippen LogP contribution in [0.4, 0.5) is 5.69 Å². The number of carbonyl (C=O) groups excluding carboxylic acids is 1. The third kappa shape index (κ3) is 2.33. The molecule has 1 atom stereocenters. The molecule has 0 saturated carbocycles. The smallest absolute Gasteiger partial charge is 0.311 e. The number of benzene rings is 1. The molecular weight excluding hydrogens is 244 g/mol. The monoisotopic (exact) mass is 254 g/mol. The van der Waals surface area contributed by atoms with E-state index in [4.69, 9.17) is 4.74 Å². The van der Waals surface area contributed by atoms with Gasteiger partial charge in [-0.25, -0.2) is 0 Å². The van der Waals surface area contributed by atoms with E-state index in [2.05, 4.69) is 5.32 Å². The molecule has 6 nitrogen and oxygen atoms in total. The predicted octanol–water partition coefficient (Wildman–Crippen LogP) is 1.46. The van der Waals surface area contributed by atoms with Gasteiger partial charge >= 0.3 is 5.69 Å². The average Bonchev–Trinajstić information content (AvgIpc) is 2.75. The number of nitro groups is 1. The zero-order chi connectivity index (χ0) is 12.4. The van der Waals surface area contributed by atoms with Crippen LogP contribution in [-0.2, 0) is 4.79 Å². The molecule has 1 amide bonds. The van der Waals surface area contributed by atoms with E-state index in [9.17, 15) is 14.9 Å². The lowest BCUT2D eigenvalue weighted by Crippen LogP contribution is -2.18. The molecule has 0 radical (unpaired) electrons. The van der Waals surface area contributed by atoms with Crippen LogP contribution >= 0.6 is 11.8 Å². The fourth-order valence-electron chi connectivity index (χ4n) is 1.58. The standard InChI is InChI=1S/C10H10N2O4S/c1-16-8-3-2-6(4-7(8)12(14)15)10-11-9(13)5-17-10/h2-4,10H,5H2,1H3,(H,11,13)/t10-/m1/s1. The molecule has 17 heavy (non-hydrogen) atoms. The van der Waals surface area contributed by atoms with Crippen LogP contribution < -0.4 is 10.1 Å². The van der Waals surface area contributed by atoms with Crippen molar-refractivity contribution in [3.63, 3.8) is 0 Å². The number of nitrogens with one attached hydrogen (secondary N) is 1. The van der Waals surface area contributed by atoms with Crippen LogP contribution in [0.2, 0.25) is 0 Å². The van der Waals surface area contributed by atoms with Crippen LogP contribution in [0.5, 0.6) is 5.75 Å². The van der Waals surface area contributed by atoms with Crippen molar-refractivity contribution in [1.29, 1.82) is 0 Å². The first kappa shape index (κ1) is 11.7. The second-order valence-corrected chi connectivity index (χ2v) is 4.54. The van der Waals surface area contributed by atoms with Crippen molar-refractivity contribution in [1.82, 2.24) is 5.32 Å². The van der Waals surface area contributed by atoms with Gasteiger partial charge in [-0.15, -0.1) is 11.8 Å². The highest BCUT2D eigenvalue weighted by molar-refractivity contribution is 8.00. The number of carbonyl (C=O) groups is 1. The van der Waals surface area contributed by atoms with E-state index in [1.807, 2.05) is 0 Å². The van der Waals surface area contributed by atoms with Crippen molar-refractivity contribution in [2.75, 3.05) is 12.9 Å². The van der Waals surface area contributed by atoms with Crippen molar-refractivity contribution in [2.45, 2.75) is 5.37 Å². The zero-order valence-corrected chi connectivity index (χ0v) is 9.82. The van der Waals surface area contributed by atoms with Gasteiger partial charge in [-0.05, 0) is 11.6 Å². The quantitative estimate of drug-likeness (QED) is 0.652. The molecule has 0 aromatic heterocycles. The maximum Gasteiger partial charge on any atom is 0.311 e. The molecule has 1 saturated heterocycles. The Hall–Kier alpha value is -1.76. The molecule has 1 fully saturated rings. The van der Waals surface area contributed by atoms with Gasteiger partial charge in [-0.3, -0.25) is 14.9 Å². The number of methoxy groups -OCH3 is 1. The fraction of sp³-hybridized carbons (Fsp3) is 0.300. The molecule has 0 bridgehead atoms. The highest BCUT2D eigenvalue weighted by Gasteiger charge is 2.25. The number of hydrogen-bond acceptors (Lipinski definition) is 5. The van der Waals surface area contributed by atoms with E-state index >= 15 is 0 Å². The number of amides is 1. The normalized spacial score (nSPS) is 18.9. The molecule has 0 spiro atoms. The minimum Gasteiger partial charge on any atom is -0.490 e. The van der Waals surface area contributed by atoms with Crippen LogP contribution in [0.1, 0.15) is 10.9 Å². The number of nitrogens with zero attached hydrogens (tertiary/aromatic N) is 1. The Labute approximate surface area is 101 Å². The van der Waals surface area contributed by atoms with Crippen LogP contribution in [0, 0.1) is 10.1 Å². The summed E-state index contributed by atoms with van der Waals surface area (Å²) in [5.41, 5.74) is 0.611. The summed E-state index contributed by atoms with van der Waals surface area (Å²) in [4.78, 5) is 21.4. The molecular formula is C10H10N2O4S. The van der Waals surface area contributed by atoms with Gasteiger partial charge in [0.15, 0.2) is 5.75 Å². The van der Waals surface area contributed by atoms with Crippen molar-refractivity contribution in [2.24, 2.45) is 0 Å².